The van der Waals surface area contributed by atoms with Gasteiger partial charge in [-0.3, -0.25) is 4.99 Å². The number of nitrogens with zero attached hydrogens (tertiary/aromatic N) is 1. The highest BCUT2D eigenvalue weighted by Gasteiger charge is 2.17. The highest BCUT2D eigenvalue weighted by Crippen LogP contribution is 2.15. The van der Waals surface area contributed by atoms with Crippen molar-refractivity contribution in [2.45, 2.75) is 53.1 Å². The van der Waals surface area contributed by atoms with Crippen molar-refractivity contribution in [1.29, 1.82) is 0 Å². The first kappa shape index (κ1) is 23.8. The lowest BCUT2D eigenvalue weighted by Crippen LogP contribution is -2.27. The van der Waals surface area contributed by atoms with E-state index in [0.717, 1.165) is 17.7 Å². The number of aliphatic imine (C=N–C) groups is 1. The van der Waals surface area contributed by atoms with Crippen LogP contribution in [0, 0.1) is 5.92 Å². The van der Waals surface area contributed by atoms with Gasteiger partial charge in [0.1, 0.15) is 0 Å². The smallest absolute Gasteiger partial charge is 0.0662 e. The molecular weight excluding hydrogens is 314 g/mol. The van der Waals surface area contributed by atoms with Crippen LogP contribution in [0.1, 0.15) is 47.5 Å². The van der Waals surface area contributed by atoms with Gasteiger partial charge in [-0.1, -0.05) is 37.8 Å². The molecule has 144 valence electrons. The Labute approximate surface area is 154 Å². The number of hydrogen-bond donors (Lipinski definition) is 1. The molecule has 4 heteroatoms. The van der Waals surface area contributed by atoms with E-state index in [9.17, 15) is 0 Å². The van der Waals surface area contributed by atoms with Crippen LogP contribution < -0.4 is 0 Å². The number of rotatable bonds is 14. The Hall–Kier alpha value is -1.23. The summed E-state index contributed by atoms with van der Waals surface area (Å²) >= 11 is 0. The summed E-state index contributed by atoms with van der Waals surface area (Å²) in [6, 6.07) is 0. The van der Waals surface area contributed by atoms with Gasteiger partial charge in [-0.15, -0.1) is 0 Å². The van der Waals surface area contributed by atoms with Gasteiger partial charge in [0.2, 0.25) is 0 Å². The van der Waals surface area contributed by atoms with Gasteiger partial charge < -0.3 is 14.6 Å². The minimum atomic E-state index is -0.259. The molecule has 1 N–H and O–H groups in total. The van der Waals surface area contributed by atoms with E-state index in [0.29, 0.717) is 38.7 Å². The fourth-order valence-electron chi connectivity index (χ4n) is 2.22. The predicted molar refractivity (Wildman–Crippen MR) is 107 cm³/mol. The molecule has 0 aromatic rings. The SMILES string of the molecule is C=C/C=C(\C=C/C)C(C)=NCCOCC(C)CCOC(C)(C)CCO. The molecule has 0 amide bonds. The molecule has 0 rings (SSSR count). The quantitative estimate of drug-likeness (QED) is 0.287. The van der Waals surface area contributed by atoms with Gasteiger partial charge in [0.05, 0.1) is 18.8 Å². The van der Waals surface area contributed by atoms with E-state index in [-0.39, 0.29) is 12.2 Å². The van der Waals surface area contributed by atoms with Crippen molar-refractivity contribution in [3.05, 3.63) is 36.5 Å². The summed E-state index contributed by atoms with van der Waals surface area (Å²) in [5.74, 6) is 0.439. The second-order valence-corrected chi connectivity index (χ2v) is 6.88. The van der Waals surface area contributed by atoms with Gasteiger partial charge in [-0.25, -0.2) is 0 Å². The van der Waals surface area contributed by atoms with Crippen molar-refractivity contribution in [2.24, 2.45) is 10.9 Å². The molecule has 0 saturated carbocycles. The average molecular weight is 352 g/mol. The van der Waals surface area contributed by atoms with Gasteiger partial charge in [-0.05, 0) is 52.0 Å². The zero-order valence-corrected chi connectivity index (χ0v) is 16.8. The van der Waals surface area contributed by atoms with Crippen LogP contribution in [0.2, 0.25) is 0 Å². The number of aliphatic hydroxyl groups is 1. The molecule has 0 fully saturated rings. The summed E-state index contributed by atoms with van der Waals surface area (Å²) in [5, 5.41) is 8.99. The highest BCUT2D eigenvalue weighted by molar-refractivity contribution is 6.00. The van der Waals surface area contributed by atoms with Crippen molar-refractivity contribution >= 4 is 5.71 Å². The Morgan fingerprint density at radius 3 is 2.64 bits per heavy atom. The minimum Gasteiger partial charge on any atom is -0.396 e. The Kier molecular flexibility index (Phi) is 13.3. The summed E-state index contributed by atoms with van der Waals surface area (Å²) in [7, 11) is 0. The van der Waals surface area contributed by atoms with Crippen LogP contribution in [0.3, 0.4) is 0 Å². The fourth-order valence-corrected chi connectivity index (χ4v) is 2.22. The minimum absolute atomic E-state index is 0.156. The zero-order chi connectivity index (χ0) is 19.1. The molecule has 0 radical (unpaired) electrons. The fraction of sp³-hybridized carbons (Fsp3) is 0.667. The normalized spacial score (nSPS) is 15.0. The third kappa shape index (κ3) is 12.7. The molecule has 0 aromatic heterocycles. The lowest BCUT2D eigenvalue weighted by atomic mass is 10.1. The molecule has 4 nitrogen and oxygen atoms in total. The number of hydrogen-bond acceptors (Lipinski definition) is 4. The summed E-state index contributed by atoms with van der Waals surface area (Å²) in [5.41, 5.74) is 1.81. The molecule has 1 unspecified atom stereocenters. The van der Waals surface area contributed by atoms with E-state index >= 15 is 0 Å². The van der Waals surface area contributed by atoms with Crippen molar-refractivity contribution in [3.63, 3.8) is 0 Å². The highest BCUT2D eigenvalue weighted by atomic mass is 16.5. The van der Waals surface area contributed by atoms with Gasteiger partial charge in [-0.2, -0.15) is 0 Å². The second kappa shape index (κ2) is 14.0. The van der Waals surface area contributed by atoms with Gasteiger partial charge in [0.25, 0.3) is 0 Å². The zero-order valence-electron chi connectivity index (χ0n) is 16.8. The summed E-state index contributed by atoms with van der Waals surface area (Å²) < 4.78 is 11.5. The molecule has 1 atom stereocenters. The summed E-state index contributed by atoms with van der Waals surface area (Å²) in [6.07, 6.45) is 9.37. The maximum absolute atomic E-state index is 8.99. The number of aliphatic hydroxyl groups excluding tert-OH is 1. The second-order valence-electron chi connectivity index (χ2n) is 6.88. The van der Waals surface area contributed by atoms with Crippen LogP contribution in [0.4, 0.5) is 0 Å². The molecule has 0 aliphatic heterocycles. The standard InChI is InChI=1S/C21H37NO3/c1-7-9-20(10-8-2)19(4)22-13-16-24-17-18(3)11-15-25-21(5,6)12-14-23/h7-10,18,23H,1,11-17H2,2-6H3/b10-8-,20-9+,22-19?. The number of ether oxygens (including phenoxy) is 2. The van der Waals surface area contributed by atoms with Gasteiger partial charge in [0, 0.05) is 25.5 Å². The Balaban J connectivity index is 3.98. The first-order valence-corrected chi connectivity index (χ1v) is 9.15. The Morgan fingerprint density at radius 1 is 1.32 bits per heavy atom. The molecule has 0 bridgehead atoms. The molecule has 0 spiro atoms. The van der Waals surface area contributed by atoms with Crippen LogP contribution in [0.25, 0.3) is 0 Å². The summed E-state index contributed by atoms with van der Waals surface area (Å²) in [6.45, 7) is 16.7. The van der Waals surface area contributed by atoms with Gasteiger partial charge in [0.15, 0.2) is 0 Å². The maximum Gasteiger partial charge on any atom is 0.0662 e. The average Bonchev–Trinajstić information content (AvgIpc) is 2.53. The molecular formula is C21H37NO3. The molecule has 0 aromatic carbocycles. The lowest BCUT2D eigenvalue weighted by Gasteiger charge is -2.25. The topological polar surface area (TPSA) is 51.0 Å². The van der Waals surface area contributed by atoms with Crippen LogP contribution in [0.5, 0.6) is 0 Å². The monoisotopic (exact) mass is 351 g/mol. The van der Waals surface area contributed by atoms with Crippen molar-refractivity contribution in [2.75, 3.05) is 33.0 Å². The third-order valence-electron chi connectivity index (χ3n) is 3.87. The van der Waals surface area contributed by atoms with Crippen molar-refractivity contribution in [1.82, 2.24) is 0 Å². The number of allylic oxidation sites excluding steroid dienone is 5. The van der Waals surface area contributed by atoms with Crippen LogP contribution in [0.15, 0.2) is 41.4 Å². The first-order chi connectivity index (χ1) is 11.9. The Morgan fingerprint density at radius 2 is 2.04 bits per heavy atom. The van der Waals surface area contributed by atoms with Crippen molar-refractivity contribution in [3.8, 4) is 0 Å². The Bertz CT molecular complexity index is 450. The largest absolute Gasteiger partial charge is 0.396 e. The molecule has 0 heterocycles. The summed E-state index contributed by atoms with van der Waals surface area (Å²) in [4.78, 5) is 4.55. The van der Waals surface area contributed by atoms with Crippen LogP contribution in [-0.4, -0.2) is 49.4 Å². The van der Waals surface area contributed by atoms with Crippen molar-refractivity contribution < 1.29 is 14.6 Å². The van der Waals surface area contributed by atoms with E-state index in [4.69, 9.17) is 14.6 Å². The maximum atomic E-state index is 8.99. The first-order valence-electron chi connectivity index (χ1n) is 9.15. The molecule has 0 aliphatic carbocycles. The molecule has 0 saturated heterocycles. The van der Waals surface area contributed by atoms with E-state index in [2.05, 4.69) is 18.5 Å². The van der Waals surface area contributed by atoms with E-state index in [1.54, 1.807) is 6.08 Å². The van der Waals surface area contributed by atoms with E-state index < -0.39 is 0 Å². The lowest BCUT2D eigenvalue weighted by molar-refractivity contribution is -0.0403. The van der Waals surface area contributed by atoms with E-state index in [1.165, 1.54) is 0 Å². The predicted octanol–water partition coefficient (Wildman–Crippen LogP) is 4.36. The molecule has 25 heavy (non-hydrogen) atoms. The van der Waals surface area contributed by atoms with E-state index in [1.807, 2.05) is 45.9 Å². The van der Waals surface area contributed by atoms with Crippen LogP contribution >= 0.6 is 0 Å². The molecule has 0 aliphatic rings. The third-order valence-corrected chi connectivity index (χ3v) is 3.87. The van der Waals surface area contributed by atoms with Crippen LogP contribution in [-0.2, 0) is 9.47 Å². The van der Waals surface area contributed by atoms with Gasteiger partial charge >= 0.3 is 0 Å².